The van der Waals surface area contributed by atoms with Crippen molar-refractivity contribution in [3.05, 3.63) is 36.7 Å². The average molecular weight is 285 g/mol. The van der Waals surface area contributed by atoms with Crippen molar-refractivity contribution in [2.45, 2.75) is 25.8 Å². The summed E-state index contributed by atoms with van der Waals surface area (Å²) in [6.07, 6.45) is 6.10. The maximum atomic E-state index is 4.10. The number of nitrogens with zero attached hydrogens (tertiary/aromatic N) is 4. The Morgan fingerprint density at radius 1 is 1.24 bits per heavy atom. The van der Waals surface area contributed by atoms with Crippen molar-refractivity contribution >= 4 is 5.69 Å². The summed E-state index contributed by atoms with van der Waals surface area (Å²) in [5.41, 5.74) is 2.17. The highest BCUT2D eigenvalue weighted by molar-refractivity contribution is 5.60. The molecule has 1 unspecified atom stereocenters. The molecule has 5 heteroatoms. The fourth-order valence-corrected chi connectivity index (χ4v) is 3.02. The highest BCUT2D eigenvalue weighted by Crippen LogP contribution is 2.25. The van der Waals surface area contributed by atoms with E-state index in [4.69, 9.17) is 0 Å². The summed E-state index contributed by atoms with van der Waals surface area (Å²) >= 11 is 0. The highest BCUT2D eigenvalue weighted by atomic mass is 15.4. The zero-order valence-electron chi connectivity index (χ0n) is 12.7. The first-order valence-corrected chi connectivity index (χ1v) is 7.65. The van der Waals surface area contributed by atoms with Crippen molar-refractivity contribution in [1.29, 1.82) is 0 Å². The Balaban J connectivity index is 1.73. The van der Waals surface area contributed by atoms with Crippen LogP contribution in [0.2, 0.25) is 0 Å². The molecule has 3 rings (SSSR count). The standard InChI is InChI=1S/C16H23N5/c1-13(14-7-10-20(2)11-8-14)18-15-5-3-4-6-16(15)21-12-9-17-19-21/h3-6,9,12-14,18H,7-8,10-11H2,1-2H3. The normalized spacial score (nSPS) is 18.6. The Kier molecular flexibility index (Phi) is 4.20. The van der Waals surface area contributed by atoms with Gasteiger partial charge in [0, 0.05) is 6.04 Å². The van der Waals surface area contributed by atoms with Crippen molar-refractivity contribution in [2.24, 2.45) is 5.92 Å². The molecule has 2 aromatic rings. The molecule has 21 heavy (non-hydrogen) atoms. The lowest BCUT2D eigenvalue weighted by atomic mass is 9.90. The highest BCUT2D eigenvalue weighted by Gasteiger charge is 2.22. The number of likely N-dealkylation sites (tertiary alicyclic amines) is 1. The molecule has 0 bridgehead atoms. The number of anilines is 1. The summed E-state index contributed by atoms with van der Waals surface area (Å²) < 4.78 is 1.81. The van der Waals surface area contributed by atoms with Crippen LogP contribution < -0.4 is 5.32 Å². The molecule has 2 heterocycles. The van der Waals surface area contributed by atoms with Gasteiger partial charge in [0.05, 0.1) is 23.8 Å². The summed E-state index contributed by atoms with van der Waals surface area (Å²) in [5, 5.41) is 11.7. The molecule has 1 N–H and O–H groups in total. The van der Waals surface area contributed by atoms with Crippen molar-refractivity contribution in [3.8, 4) is 5.69 Å². The molecule has 1 fully saturated rings. The van der Waals surface area contributed by atoms with Crippen LogP contribution in [0.15, 0.2) is 36.7 Å². The van der Waals surface area contributed by atoms with Gasteiger partial charge in [0.25, 0.3) is 0 Å². The van der Waals surface area contributed by atoms with Crippen LogP contribution in [0, 0.1) is 5.92 Å². The van der Waals surface area contributed by atoms with E-state index in [1.54, 1.807) is 6.20 Å². The Hall–Kier alpha value is -1.88. The van der Waals surface area contributed by atoms with Gasteiger partial charge in [0.1, 0.15) is 0 Å². The molecule has 1 aromatic carbocycles. The molecule has 0 radical (unpaired) electrons. The van der Waals surface area contributed by atoms with Gasteiger partial charge in [0.15, 0.2) is 0 Å². The van der Waals surface area contributed by atoms with Crippen LogP contribution in [-0.4, -0.2) is 46.1 Å². The number of benzene rings is 1. The summed E-state index contributed by atoms with van der Waals surface area (Å²) in [4.78, 5) is 2.41. The molecule has 0 spiro atoms. The maximum absolute atomic E-state index is 4.10. The largest absolute Gasteiger partial charge is 0.381 e. The van der Waals surface area contributed by atoms with Gasteiger partial charge < -0.3 is 10.2 Å². The van der Waals surface area contributed by atoms with Crippen LogP contribution >= 0.6 is 0 Å². The lowest BCUT2D eigenvalue weighted by Gasteiger charge is -2.33. The van der Waals surface area contributed by atoms with Crippen LogP contribution in [0.4, 0.5) is 5.69 Å². The Labute approximate surface area is 126 Å². The Morgan fingerprint density at radius 3 is 2.71 bits per heavy atom. The third-order valence-corrected chi connectivity index (χ3v) is 4.43. The van der Waals surface area contributed by atoms with Crippen LogP contribution in [0.3, 0.4) is 0 Å². The summed E-state index contributed by atoms with van der Waals surface area (Å²) in [7, 11) is 2.20. The third kappa shape index (κ3) is 3.24. The first-order valence-electron chi connectivity index (χ1n) is 7.65. The SMILES string of the molecule is CC(Nc1ccccc1-n1ccnn1)C1CCN(C)CC1. The van der Waals surface area contributed by atoms with Gasteiger partial charge in [-0.3, -0.25) is 0 Å². The molecule has 1 atom stereocenters. The molecule has 1 aromatic heterocycles. The Bertz CT molecular complexity index is 558. The quantitative estimate of drug-likeness (QED) is 0.937. The van der Waals surface area contributed by atoms with E-state index >= 15 is 0 Å². The van der Waals surface area contributed by atoms with Gasteiger partial charge in [-0.15, -0.1) is 5.10 Å². The average Bonchev–Trinajstić information content (AvgIpc) is 3.02. The number of aromatic nitrogens is 3. The van der Waals surface area contributed by atoms with Crippen molar-refractivity contribution in [3.63, 3.8) is 0 Å². The second-order valence-corrected chi connectivity index (χ2v) is 5.94. The molecule has 0 aliphatic carbocycles. The molecule has 112 valence electrons. The van der Waals surface area contributed by atoms with E-state index in [9.17, 15) is 0 Å². The fourth-order valence-electron chi connectivity index (χ4n) is 3.02. The predicted octanol–water partition coefficient (Wildman–Crippen LogP) is 2.41. The maximum Gasteiger partial charge on any atom is 0.0894 e. The van der Waals surface area contributed by atoms with Gasteiger partial charge in [-0.25, -0.2) is 4.68 Å². The van der Waals surface area contributed by atoms with Gasteiger partial charge in [0.2, 0.25) is 0 Å². The van der Waals surface area contributed by atoms with E-state index in [1.807, 2.05) is 16.9 Å². The molecule has 1 aliphatic rings. The van der Waals surface area contributed by atoms with E-state index in [1.165, 1.54) is 25.9 Å². The number of nitrogens with one attached hydrogen (secondary N) is 1. The lowest BCUT2D eigenvalue weighted by molar-refractivity contribution is 0.208. The summed E-state index contributed by atoms with van der Waals surface area (Å²) in [6.45, 7) is 4.68. The van der Waals surface area contributed by atoms with E-state index in [0.717, 1.165) is 17.3 Å². The molecule has 1 aliphatic heterocycles. The zero-order valence-corrected chi connectivity index (χ0v) is 12.7. The summed E-state index contributed by atoms with van der Waals surface area (Å²) in [6, 6.07) is 8.73. The van der Waals surface area contributed by atoms with Gasteiger partial charge in [-0.2, -0.15) is 0 Å². The number of para-hydroxylation sites is 2. The van der Waals surface area contributed by atoms with Crippen LogP contribution in [0.1, 0.15) is 19.8 Å². The second-order valence-electron chi connectivity index (χ2n) is 5.94. The van der Waals surface area contributed by atoms with Crippen LogP contribution in [0.5, 0.6) is 0 Å². The molecule has 0 saturated carbocycles. The predicted molar refractivity (Wildman–Crippen MR) is 84.7 cm³/mol. The molecule has 1 saturated heterocycles. The number of piperidine rings is 1. The van der Waals surface area contributed by atoms with E-state index in [0.29, 0.717) is 6.04 Å². The van der Waals surface area contributed by atoms with Crippen molar-refractivity contribution in [1.82, 2.24) is 19.9 Å². The second kappa shape index (κ2) is 6.26. The first kappa shape index (κ1) is 14.1. The topological polar surface area (TPSA) is 46.0 Å². The fraction of sp³-hybridized carbons (Fsp3) is 0.500. The van der Waals surface area contributed by atoms with Gasteiger partial charge in [-0.1, -0.05) is 17.3 Å². The minimum absolute atomic E-state index is 0.461. The molecular formula is C16H23N5. The minimum atomic E-state index is 0.461. The smallest absolute Gasteiger partial charge is 0.0894 e. The van der Waals surface area contributed by atoms with E-state index in [-0.39, 0.29) is 0 Å². The molecule has 0 amide bonds. The van der Waals surface area contributed by atoms with E-state index in [2.05, 4.69) is 52.7 Å². The van der Waals surface area contributed by atoms with Crippen molar-refractivity contribution in [2.75, 3.05) is 25.5 Å². The summed E-state index contributed by atoms with van der Waals surface area (Å²) in [5.74, 6) is 0.727. The van der Waals surface area contributed by atoms with Gasteiger partial charge in [-0.05, 0) is 58.0 Å². The zero-order chi connectivity index (χ0) is 14.7. The lowest BCUT2D eigenvalue weighted by Crippen LogP contribution is -2.37. The number of hydrogen-bond acceptors (Lipinski definition) is 4. The van der Waals surface area contributed by atoms with Crippen molar-refractivity contribution < 1.29 is 0 Å². The van der Waals surface area contributed by atoms with Crippen LogP contribution in [0.25, 0.3) is 5.69 Å². The number of hydrogen-bond donors (Lipinski definition) is 1. The Morgan fingerprint density at radius 2 is 2.00 bits per heavy atom. The van der Waals surface area contributed by atoms with E-state index < -0.39 is 0 Å². The number of rotatable bonds is 4. The molecule has 5 nitrogen and oxygen atoms in total. The van der Waals surface area contributed by atoms with Gasteiger partial charge >= 0.3 is 0 Å². The first-order chi connectivity index (χ1) is 10.2. The third-order valence-electron chi connectivity index (χ3n) is 4.43. The molecular weight excluding hydrogens is 262 g/mol. The monoisotopic (exact) mass is 285 g/mol. The minimum Gasteiger partial charge on any atom is -0.381 e. The van der Waals surface area contributed by atoms with Crippen LogP contribution in [-0.2, 0) is 0 Å².